The molecule has 1 rings (SSSR count). The van der Waals surface area contributed by atoms with Crippen LogP contribution in [-0.4, -0.2) is 22.7 Å². The molecule has 1 aromatic rings. The highest BCUT2D eigenvalue weighted by Gasteiger charge is 2.26. The molecule has 0 aliphatic carbocycles. The Kier molecular flexibility index (Phi) is 4.08. The zero-order chi connectivity index (χ0) is 13.2. The van der Waals surface area contributed by atoms with Crippen molar-refractivity contribution in [3.63, 3.8) is 0 Å². The number of hydrogen-bond acceptors (Lipinski definition) is 2. The van der Waals surface area contributed by atoms with Crippen molar-refractivity contribution in [3.05, 3.63) is 17.5 Å². The van der Waals surface area contributed by atoms with E-state index in [4.69, 9.17) is 0 Å². The Morgan fingerprint density at radius 3 is 2.35 bits per heavy atom. The van der Waals surface area contributed by atoms with Gasteiger partial charge in [-0.1, -0.05) is 0 Å². The molecular weight excluding hydrogens is 242 g/mol. The van der Waals surface area contributed by atoms with Gasteiger partial charge in [0.2, 0.25) is 5.91 Å². The summed E-state index contributed by atoms with van der Waals surface area (Å²) in [4.78, 5) is 11.3. The average Bonchev–Trinajstić information content (AvgIpc) is 2.71. The molecule has 1 amide bonds. The summed E-state index contributed by atoms with van der Waals surface area (Å²) in [5, 5.41) is 5.56. The third-order valence-corrected chi connectivity index (χ3v) is 2.22. The van der Waals surface area contributed by atoms with E-state index in [1.807, 2.05) is 0 Å². The minimum atomic E-state index is -2.97. The molecule has 96 valence electrons. The van der Waals surface area contributed by atoms with E-state index in [2.05, 4.69) is 10.4 Å². The van der Waals surface area contributed by atoms with Gasteiger partial charge in [-0.05, 0) is 13.0 Å². The first kappa shape index (κ1) is 13.5. The van der Waals surface area contributed by atoms with Crippen LogP contribution in [0.25, 0.3) is 0 Å². The van der Waals surface area contributed by atoms with Gasteiger partial charge in [0, 0.05) is 7.05 Å². The van der Waals surface area contributed by atoms with Crippen LogP contribution in [0.5, 0.6) is 0 Å². The second-order valence-electron chi connectivity index (χ2n) is 3.33. The molecule has 0 bridgehead atoms. The minimum Gasteiger partial charge on any atom is -0.357 e. The first-order chi connectivity index (χ1) is 7.88. The maximum atomic E-state index is 12.6. The van der Waals surface area contributed by atoms with E-state index >= 15 is 0 Å². The van der Waals surface area contributed by atoms with Gasteiger partial charge in [0.1, 0.15) is 17.4 Å². The van der Waals surface area contributed by atoms with Crippen LogP contribution in [0.2, 0.25) is 0 Å². The van der Waals surface area contributed by atoms with E-state index in [0.29, 0.717) is 10.7 Å². The van der Waals surface area contributed by atoms with E-state index in [9.17, 15) is 22.4 Å². The number of rotatable bonds is 4. The first-order valence-corrected chi connectivity index (χ1v) is 4.75. The van der Waals surface area contributed by atoms with E-state index in [1.165, 1.54) is 14.0 Å². The molecule has 1 N–H and O–H groups in total. The minimum absolute atomic E-state index is 0.587. The van der Waals surface area contributed by atoms with Crippen LogP contribution >= 0.6 is 0 Å². The number of carbonyl (C=O) groups is 1. The van der Waals surface area contributed by atoms with Gasteiger partial charge in [-0.3, -0.25) is 9.48 Å². The van der Waals surface area contributed by atoms with Gasteiger partial charge < -0.3 is 5.32 Å². The van der Waals surface area contributed by atoms with Crippen molar-refractivity contribution in [2.24, 2.45) is 0 Å². The summed E-state index contributed by atoms with van der Waals surface area (Å²) in [6, 6.07) is -0.467. The lowest BCUT2D eigenvalue weighted by Crippen LogP contribution is -2.29. The van der Waals surface area contributed by atoms with E-state index in [0.717, 1.165) is 0 Å². The highest BCUT2D eigenvalue weighted by atomic mass is 19.3. The Labute approximate surface area is 94.6 Å². The maximum Gasteiger partial charge on any atom is 0.282 e. The highest BCUT2D eigenvalue weighted by molar-refractivity contribution is 5.79. The zero-order valence-corrected chi connectivity index (χ0v) is 9.12. The van der Waals surface area contributed by atoms with Gasteiger partial charge in [0.25, 0.3) is 12.9 Å². The Morgan fingerprint density at radius 2 is 1.94 bits per heavy atom. The summed E-state index contributed by atoms with van der Waals surface area (Å²) < 4.78 is 50.5. The number of nitrogens with one attached hydrogen (secondary N) is 1. The van der Waals surface area contributed by atoms with Gasteiger partial charge in [0.05, 0.1) is 0 Å². The molecule has 0 saturated carbocycles. The molecule has 1 unspecified atom stereocenters. The topological polar surface area (TPSA) is 46.9 Å². The van der Waals surface area contributed by atoms with Gasteiger partial charge in [-0.2, -0.15) is 5.10 Å². The van der Waals surface area contributed by atoms with Crippen LogP contribution in [-0.2, 0) is 4.79 Å². The molecule has 4 nitrogen and oxygen atoms in total. The molecule has 1 aromatic heterocycles. The summed E-state index contributed by atoms with van der Waals surface area (Å²) in [7, 11) is 1.32. The Hall–Kier alpha value is -1.60. The third kappa shape index (κ3) is 2.75. The molecule has 1 heterocycles. The summed E-state index contributed by atoms with van der Waals surface area (Å²) >= 11 is 0. The predicted octanol–water partition coefficient (Wildman–Crippen LogP) is 2.07. The summed E-state index contributed by atoms with van der Waals surface area (Å²) in [5.74, 6) is -0.587. The molecule has 0 spiro atoms. The SMILES string of the molecule is CNC(=O)C(C)n1nc(C(F)F)cc1C(F)F. The Morgan fingerprint density at radius 1 is 1.35 bits per heavy atom. The number of amides is 1. The van der Waals surface area contributed by atoms with E-state index in [1.54, 1.807) is 0 Å². The predicted molar refractivity (Wildman–Crippen MR) is 50.9 cm³/mol. The Balaban J connectivity index is 3.16. The molecule has 0 aromatic carbocycles. The van der Waals surface area contributed by atoms with Crippen LogP contribution in [0.1, 0.15) is 37.2 Å². The van der Waals surface area contributed by atoms with Gasteiger partial charge >= 0.3 is 0 Å². The van der Waals surface area contributed by atoms with E-state index in [-0.39, 0.29) is 0 Å². The van der Waals surface area contributed by atoms with Crippen LogP contribution in [0.15, 0.2) is 6.07 Å². The molecule has 8 heteroatoms. The fourth-order valence-electron chi connectivity index (χ4n) is 1.33. The summed E-state index contributed by atoms with van der Waals surface area (Å²) in [5.41, 5.74) is -1.47. The number of nitrogens with zero attached hydrogens (tertiary/aromatic N) is 2. The number of carbonyl (C=O) groups excluding carboxylic acids is 1. The van der Waals surface area contributed by atoms with Crippen molar-refractivity contribution in [2.75, 3.05) is 7.05 Å². The molecule has 0 fully saturated rings. The number of hydrogen-bond donors (Lipinski definition) is 1. The van der Waals surface area contributed by atoms with Crippen LogP contribution < -0.4 is 5.32 Å². The first-order valence-electron chi connectivity index (χ1n) is 4.75. The molecule has 0 aliphatic rings. The normalized spacial score (nSPS) is 13.2. The zero-order valence-electron chi connectivity index (χ0n) is 9.12. The van der Waals surface area contributed by atoms with Crippen LogP contribution in [0, 0.1) is 0 Å². The number of likely N-dealkylation sites (N-methyl/N-ethyl adjacent to an activating group) is 1. The largest absolute Gasteiger partial charge is 0.357 e. The lowest BCUT2D eigenvalue weighted by atomic mass is 10.3. The number of aromatic nitrogens is 2. The van der Waals surface area contributed by atoms with Crippen molar-refractivity contribution in [1.82, 2.24) is 15.1 Å². The second kappa shape index (κ2) is 5.15. The fraction of sp³-hybridized carbons (Fsp3) is 0.556. The summed E-state index contributed by atoms with van der Waals surface area (Å²) in [6.07, 6.45) is -5.92. The lowest BCUT2D eigenvalue weighted by molar-refractivity contribution is -0.123. The van der Waals surface area contributed by atoms with Crippen LogP contribution in [0.3, 0.4) is 0 Å². The standard InChI is InChI=1S/C9H11F4N3O/c1-4(9(17)14-2)16-6(8(12)13)3-5(15-16)7(10)11/h3-4,7-8H,1-2H3,(H,14,17). The number of halogens is 4. The van der Waals surface area contributed by atoms with Crippen molar-refractivity contribution < 1.29 is 22.4 Å². The van der Waals surface area contributed by atoms with E-state index < -0.39 is 36.2 Å². The average molecular weight is 253 g/mol. The van der Waals surface area contributed by atoms with Crippen molar-refractivity contribution in [2.45, 2.75) is 25.8 Å². The van der Waals surface area contributed by atoms with Crippen molar-refractivity contribution in [1.29, 1.82) is 0 Å². The molecule has 1 atom stereocenters. The van der Waals surface area contributed by atoms with Gasteiger partial charge in [-0.25, -0.2) is 17.6 Å². The van der Waals surface area contributed by atoms with Gasteiger partial charge in [-0.15, -0.1) is 0 Å². The molecule has 0 aliphatic heterocycles. The molecule has 0 radical (unpaired) electrons. The van der Waals surface area contributed by atoms with Crippen molar-refractivity contribution in [3.8, 4) is 0 Å². The monoisotopic (exact) mass is 253 g/mol. The smallest absolute Gasteiger partial charge is 0.282 e. The molecular formula is C9H11F4N3O. The third-order valence-electron chi connectivity index (χ3n) is 2.22. The highest BCUT2D eigenvalue weighted by Crippen LogP contribution is 2.27. The van der Waals surface area contributed by atoms with Crippen LogP contribution in [0.4, 0.5) is 17.6 Å². The number of alkyl halides is 4. The van der Waals surface area contributed by atoms with Crippen molar-refractivity contribution >= 4 is 5.91 Å². The second-order valence-corrected chi connectivity index (χ2v) is 3.33. The fourth-order valence-corrected chi connectivity index (χ4v) is 1.33. The summed E-state index contributed by atoms with van der Waals surface area (Å²) in [6.45, 7) is 1.30. The lowest BCUT2D eigenvalue weighted by Gasteiger charge is -2.13. The van der Waals surface area contributed by atoms with Gasteiger partial charge in [0.15, 0.2) is 0 Å². The maximum absolute atomic E-state index is 12.6. The molecule has 17 heavy (non-hydrogen) atoms. The Bertz CT molecular complexity index is 405. The quantitative estimate of drug-likeness (QED) is 0.835. The molecule has 0 saturated heterocycles.